The molecule has 0 aliphatic carbocycles. The first-order valence-electron chi connectivity index (χ1n) is 7.64. The minimum absolute atomic E-state index is 0.00796. The molecule has 1 aromatic heterocycles. The maximum Gasteiger partial charge on any atom is 0.228 e. The molecule has 5 heteroatoms. The first-order valence-corrected chi connectivity index (χ1v) is 7.64. The van der Waals surface area contributed by atoms with Gasteiger partial charge in [0.05, 0.1) is 17.8 Å². The van der Waals surface area contributed by atoms with Gasteiger partial charge in [-0.3, -0.25) is 14.6 Å². The van der Waals surface area contributed by atoms with Gasteiger partial charge >= 0.3 is 0 Å². The Labute approximate surface area is 135 Å². The number of rotatable bonds is 4. The number of carbonyl (C=O) groups is 2. The molecule has 118 valence electrons. The summed E-state index contributed by atoms with van der Waals surface area (Å²) in [7, 11) is 1.78. The van der Waals surface area contributed by atoms with Gasteiger partial charge in [-0.2, -0.15) is 0 Å². The molecule has 0 saturated carbocycles. The lowest BCUT2D eigenvalue weighted by atomic mass is 10.1. The molecule has 2 amide bonds. The first-order chi connectivity index (χ1) is 11.1. The number of pyridine rings is 1. The first kappa shape index (κ1) is 15.2. The molecule has 1 aliphatic heterocycles. The number of nitrogens with zero attached hydrogens (tertiary/aromatic N) is 3. The molecule has 23 heavy (non-hydrogen) atoms. The molecule has 1 atom stereocenters. The molecule has 1 fully saturated rings. The Morgan fingerprint density at radius 2 is 2.04 bits per heavy atom. The van der Waals surface area contributed by atoms with Crippen LogP contribution in [-0.4, -0.2) is 35.3 Å². The van der Waals surface area contributed by atoms with Gasteiger partial charge in [-0.25, -0.2) is 0 Å². The van der Waals surface area contributed by atoms with E-state index < -0.39 is 0 Å². The van der Waals surface area contributed by atoms with Gasteiger partial charge in [0, 0.05) is 32.8 Å². The Kier molecular flexibility index (Phi) is 4.37. The molecule has 5 nitrogen and oxygen atoms in total. The van der Waals surface area contributed by atoms with Gasteiger partial charge < -0.3 is 9.80 Å². The lowest BCUT2D eigenvalue weighted by Crippen LogP contribution is -2.34. The van der Waals surface area contributed by atoms with E-state index in [2.05, 4.69) is 4.98 Å². The van der Waals surface area contributed by atoms with E-state index in [0.29, 0.717) is 13.1 Å². The number of hydrogen-bond donors (Lipinski definition) is 0. The van der Waals surface area contributed by atoms with Crippen LogP contribution in [0.5, 0.6) is 0 Å². The molecular weight excluding hydrogens is 290 g/mol. The Hall–Kier alpha value is -2.69. The zero-order chi connectivity index (χ0) is 16.2. The largest absolute Gasteiger partial charge is 0.341 e. The van der Waals surface area contributed by atoms with Crippen molar-refractivity contribution in [1.29, 1.82) is 0 Å². The van der Waals surface area contributed by atoms with Crippen LogP contribution in [0.15, 0.2) is 54.9 Å². The lowest BCUT2D eigenvalue weighted by Gasteiger charge is -2.21. The summed E-state index contributed by atoms with van der Waals surface area (Å²) in [6.07, 6.45) is 3.58. The van der Waals surface area contributed by atoms with Crippen molar-refractivity contribution in [2.75, 3.05) is 18.5 Å². The summed E-state index contributed by atoms with van der Waals surface area (Å²) in [5, 5.41) is 0. The van der Waals surface area contributed by atoms with Crippen LogP contribution in [0.1, 0.15) is 12.0 Å². The van der Waals surface area contributed by atoms with E-state index >= 15 is 0 Å². The van der Waals surface area contributed by atoms with Gasteiger partial charge in [-0.15, -0.1) is 0 Å². The maximum absolute atomic E-state index is 12.6. The number of carbonyl (C=O) groups excluding carboxylic acids is 2. The predicted molar refractivity (Wildman–Crippen MR) is 87.6 cm³/mol. The summed E-state index contributed by atoms with van der Waals surface area (Å²) in [6.45, 7) is 0.972. The zero-order valence-electron chi connectivity index (χ0n) is 13.1. The minimum atomic E-state index is -0.295. The molecule has 2 heterocycles. The highest BCUT2D eigenvalue weighted by Gasteiger charge is 2.36. The molecule has 1 saturated heterocycles. The van der Waals surface area contributed by atoms with E-state index in [9.17, 15) is 9.59 Å². The standard InChI is InChI=1S/C18H19N3O2/c1-20(12-14-6-3-2-4-7-14)18(23)15-10-17(22)21(13-15)16-8-5-9-19-11-16/h2-9,11,15H,10,12-13H2,1H3. The molecular formula is C18H19N3O2. The lowest BCUT2D eigenvalue weighted by molar-refractivity contribution is -0.135. The quantitative estimate of drug-likeness (QED) is 0.869. The Morgan fingerprint density at radius 1 is 1.26 bits per heavy atom. The van der Waals surface area contributed by atoms with Crippen LogP contribution in [0.3, 0.4) is 0 Å². The SMILES string of the molecule is CN(Cc1ccccc1)C(=O)C1CC(=O)N(c2cccnc2)C1. The van der Waals surface area contributed by atoms with Crippen LogP contribution in [0.4, 0.5) is 5.69 Å². The summed E-state index contributed by atoms with van der Waals surface area (Å²) in [5.41, 5.74) is 1.83. The van der Waals surface area contributed by atoms with Crippen LogP contribution in [0.2, 0.25) is 0 Å². The third-order valence-electron chi connectivity index (χ3n) is 4.07. The van der Waals surface area contributed by atoms with Gasteiger partial charge in [0.2, 0.25) is 11.8 Å². The van der Waals surface area contributed by atoms with Gasteiger partial charge in [0.15, 0.2) is 0 Å². The number of hydrogen-bond acceptors (Lipinski definition) is 3. The predicted octanol–water partition coefficient (Wildman–Crippen LogP) is 2.09. The highest BCUT2D eigenvalue weighted by molar-refractivity contribution is 6.00. The molecule has 3 rings (SSSR count). The maximum atomic E-state index is 12.6. The van der Waals surface area contributed by atoms with E-state index in [1.54, 1.807) is 35.3 Å². The Balaban J connectivity index is 1.66. The summed E-state index contributed by atoms with van der Waals surface area (Å²) in [6, 6.07) is 13.5. The fraction of sp³-hybridized carbons (Fsp3) is 0.278. The second-order valence-electron chi connectivity index (χ2n) is 5.80. The summed E-state index contributed by atoms with van der Waals surface area (Å²) >= 11 is 0. The minimum Gasteiger partial charge on any atom is -0.341 e. The zero-order valence-corrected chi connectivity index (χ0v) is 13.1. The van der Waals surface area contributed by atoms with Crippen LogP contribution < -0.4 is 4.90 Å². The van der Waals surface area contributed by atoms with Crippen LogP contribution in [-0.2, 0) is 16.1 Å². The summed E-state index contributed by atoms with van der Waals surface area (Å²) < 4.78 is 0. The van der Waals surface area contributed by atoms with Crippen LogP contribution in [0, 0.1) is 5.92 Å². The number of amides is 2. The Bertz CT molecular complexity index is 688. The average molecular weight is 309 g/mol. The van der Waals surface area contributed by atoms with Crippen molar-refractivity contribution in [3.05, 3.63) is 60.4 Å². The molecule has 1 aliphatic rings. The number of benzene rings is 1. The van der Waals surface area contributed by atoms with E-state index in [4.69, 9.17) is 0 Å². The van der Waals surface area contributed by atoms with E-state index in [1.165, 1.54) is 0 Å². The highest BCUT2D eigenvalue weighted by atomic mass is 16.2. The molecule has 1 aromatic carbocycles. The summed E-state index contributed by atoms with van der Waals surface area (Å²) in [4.78, 5) is 32.2. The van der Waals surface area contributed by atoms with E-state index in [-0.39, 0.29) is 24.2 Å². The fourth-order valence-corrected chi connectivity index (χ4v) is 2.88. The number of anilines is 1. The average Bonchev–Trinajstić information content (AvgIpc) is 2.97. The molecule has 0 bridgehead atoms. The van der Waals surface area contributed by atoms with Crippen molar-refractivity contribution in [3.8, 4) is 0 Å². The van der Waals surface area contributed by atoms with Crippen molar-refractivity contribution < 1.29 is 9.59 Å². The van der Waals surface area contributed by atoms with Crippen LogP contribution in [0.25, 0.3) is 0 Å². The third kappa shape index (κ3) is 3.39. The van der Waals surface area contributed by atoms with Crippen molar-refractivity contribution in [3.63, 3.8) is 0 Å². The van der Waals surface area contributed by atoms with Gasteiger partial charge in [-0.05, 0) is 17.7 Å². The second-order valence-corrected chi connectivity index (χ2v) is 5.80. The molecule has 0 N–H and O–H groups in total. The van der Waals surface area contributed by atoms with Crippen molar-refractivity contribution in [2.45, 2.75) is 13.0 Å². The third-order valence-corrected chi connectivity index (χ3v) is 4.07. The normalized spacial score (nSPS) is 17.3. The fourth-order valence-electron chi connectivity index (χ4n) is 2.88. The molecule has 2 aromatic rings. The smallest absolute Gasteiger partial charge is 0.228 e. The van der Waals surface area contributed by atoms with Crippen molar-refractivity contribution in [2.24, 2.45) is 5.92 Å². The second kappa shape index (κ2) is 6.60. The van der Waals surface area contributed by atoms with Gasteiger partial charge in [-0.1, -0.05) is 30.3 Å². The van der Waals surface area contributed by atoms with Gasteiger partial charge in [0.1, 0.15) is 0 Å². The topological polar surface area (TPSA) is 53.5 Å². The van der Waals surface area contributed by atoms with E-state index in [1.807, 2.05) is 36.4 Å². The molecule has 0 radical (unpaired) electrons. The van der Waals surface area contributed by atoms with Gasteiger partial charge in [0.25, 0.3) is 0 Å². The molecule has 0 spiro atoms. The Morgan fingerprint density at radius 3 is 2.74 bits per heavy atom. The number of aromatic nitrogens is 1. The monoisotopic (exact) mass is 309 g/mol. The van der Waals surface area contributed by atoms with Crippen molar-refractivity contribution in [1.82, 2.24) is 9.88 Å². The van der Waals surface area contributed by atoms with Crippen LogP contribution >= 0.6 is 0 Å². The molecule has 1 unspecified atom stereocenters. The summed E-state index contributed by atoms with van der Waals surface area (Å²) in [5.74, 6) is -0.311. The highest BCUT2D eigenvalue weighted by Crippen LogP contribution is 2.25. The van der Waals surface area contributed by atoms with E-state index in [0.717, 1.165) is 11.3 Å². The van der Waals surface area contributed by atoms with Crippen molar-refractivity contribution >= 4 is 17.5 Å².